The first-order valence-corrected chi connectivity index (χ1v) is 9.39. The predicted octanol–water partition coefficient (Wildman–Crippen LogP) is 4.24. The molecule has 0 saturated carbocycles. The molecule has 0 aliphatic carbocycles. The van der Waals surface area contributed by atoms with E-state index in [1.54, 1.807) is 0 Å². The Bertz CT molecular complexity index is 684. The van der Waals surface area contributed by atoms with Crippen LogP contribution in [-0.2, 0) is 0 Å². The van der Waals surface area contributed by atoms with Gasteiger partial charge in [0.1, 0.15) is 0 Å². The van der Waals surface area contributed by atoms with Crippen molar-refractivity contribution in [3.05, 3.63) is 96.6 Å². The molecule has 0 bridgehead atoms. The van der Waals surface area contributed by atoms with E-state index in [0.29, 0.717) is 0 Å². The van der Waals surface area contributed by atoms with Gasteiger partial charge in [-0.2, -0.15) is 0 Å². The standard InChI is InChI=1S/C21H20NP/c1-4-10-19(11-5-1)18-22-16-17-23(20-12-6-2-7-13-20)21-14-8-3-9-15-21/h1-15,18H,16-17H2/b22-18-. The van der Waals surface area contributed by atoms with Gasteiger partial charge in [-0.1, -0.05) is 91.0 Å². The molecule has 0 unspecified atom stereocenters. The Labute approximate surface area is 139 Å². The van der Waals surface area contributed by atoms with Gasteiger partial charge in [0.05, 0.1) is 0 Å². The fraction of sp³-hybridized carbons (Fsp3) is 0.0952. The van der Waals surface area contributed by atoms with E-state index in [-0.39, 0.29) is 7.92 Å². The van der Waals surface area contributed by atoms with Crippen LogP contribution in [0.1, 0.15) is 5.56 Å². The van der Waals surface area contributed by atoms with Crippen molar-refractivity contribution in [2.45, 2.75) is 0 Å². The Morgan fingerprint density at radius 1 is 0.652 bits per heavy atom. The highest BCUT2D eigenvalue weighted by molar-refractivity contribution is 7.73. The lowest BCUT2D eigenvalue weighted by atomic mass is 10.2. The molecule has 0 N–H and O–H groups in total. The molecule has 3 aromatic rings. The van der Waals surface area contributed by atoms with Crippen LogP contribution in [0.25, 0.3) is 0 Å². The van der Waals surface area contributed by atoms with Crippen LogP contribution in [0.3, 0.4) is 0 Å². The summed E-state index contributed by atoms with van der Waals surface area (Å²) in [5.74, 6) is 0. The molecule has 1 nitrogen and oxygen atoms in total. The zero-order valence-corrected chi connectivity index (χ0v) is 13.9. The molecule has 0 spiro atoms. The Morgan fingerprint density at radius 2 is 1.13 bits per heavy atom. The van der Waals surface area contributed by atoms with E-state index in [2.05, 4.69) is 77.8 Å². The number of hydrogen-bond acceptors (Lipinski definition) is 1. The summed E-state index contributed by atoms with van der Waals surface area (Å²) in [6, 6.07) is 31.9. The SMILES string of the molecule is C(=N/CCP(c1ccccc1)c1ccccc1)/c1ccccc1. The Kier molecular flexibility index (Phi) is 5.72. The van der Waals surface area contributed by atoms with Gasteiger partial charge in [0, 0.05) is 12.8 Å². The van der Waals surface area contributed by atoms with Gasteiger partial charge in [-0.15, -0.1) is 0 Å². The first kappa shape index (κ1) is 15.6. The molecule has 0 heterocycles. The smallest absolute Gasteiger partial charge is 0.0434 e. The van der Waals surface area contributed by atoms with E-state index in [1.165, 1.54) is 10.6 Å². The van der Waals surface area contributed by atoms with Crippen molar-refractivity contribution in [2.24, 2.45) is 4.99 Å². The third-order valence-electron chi connectivity index (χ3n) is 3.63. The van der Waals surface area contributed by atoms with Gasteiger partial charge in [0.15, 0.2) is 0 Å². The second-order valence-corrected chi connectivity index (χ2v) is 7.60. The van der Waals surface area contributed by atoms with Gasteiger partial charge < -0.3 is 0 Å². The molecule has 0 aliphatic heterocycles. The first-order valence-electron chi connectivity index (χ1n) is 7.86. The Hall–Kier alpha value is -2.24. The van der Waals surface area contributed by atoms with Crippen molar-refractivity contribution in [3.63, 3.8) is 0 Å². The average molecular weight is 317 g/mol. The lowest BCUT2D eigenvalue weighted by Crippen LogP contribution is -2.15. The highest BCUT2D eigenvalue weighted by atomic mass is 31.1. The molecular weight excluding hydrogens is 297 g/mol. The van der Waals surface area contributed by atoms with Gasteiger partial charge in [-0.3, -0.25) is 4.99 Å². The van der Waals surface area contributed by atoms with Crippen LogP contribution >= 0.6 is 7.92 Å². The quantitative estimate of drug-likeness (QED) is 0.476. The van der Waals surface area contributed by atoms with Gasteiger partial charge >= 0.3 is 0 Å². The normalized spacial score (nSPS) is 11.2. The van der Waals surface area contributed by atoms with Crippen molar-refractivity contribution in [1.29, 1.82) is 0 Å². The fourth-order valence-corrected chi connectivity index (χ4v) is 4.68. The molecule has 0 saturated heterocycles. The monoisotopic (exact) mass is 317 g/mol. The Morgan fingerprint density at radius 3 is 1.65 bits per heavy atom. The zero-order valence-electron chi connectivity index (χ0n) is 13.0. The molecule has 2 heteroatoms. The lowest BCUT2D eigenvalue weighted by molar-refractivity contribution is 1.15. The van der Waals surface area contributed by atoms with Crippen LogP contribution in [0.4, 0.5) is 0 Å². The van der Waals surface area contributed by atoms with Crippen LogP contribution in [0, 0.1) is 0 Å². The number of rotatable bonds is 6. The van der Waals surface area contributed by atoms with Crippen LogP contribution in [-0.4, -0.2) is 18.9 Å². The number of nitrogens with zero attached hydrogens (tertiary/aromatic N) is 1. The van der Waals surface area contributed by atoms with Crippen molar-refractivity contribution in [3.8, 4) is 0 Å². The molecule has 0 aliphatic rings. The average Bonchev–Trinajstić information content (AvgIpc) is 2.64. The Balaban J connectivity index is 1.71. The molecule has 0 aromatic heterocycles. The van der Waals surface area contributed by atoms with E-state index < -0.39 is 0 Å². The molecule has 0 fully saturated rings. The number of aliphatic imine (C=N–C) groups is 1. The zero-order chi connectivity index (χ0) is 15.7. The van der Waals surface area contributed by atoms with Crippen LogP contribution < -0.4 is 10.6 Å². The van der Waals surface area contributed by atoms with E-state index >= 15 is 0 Å². The summed E-state index contributed by atoms with van der Waals surface area (Å²) < 4.78 is 0. The van der Waals surface area contributed by atoms with E-state index in [1.807, 2.05) is 24.4 Å². The fourth-order valence-electron chi connectivity index (χ4n) is 2.49. The van der Waals surface area contributed by atoms with Crippen molar-refractivity contribution in [1.82, 2.24) is 0 Å². The second-order valence-electron chi connectivity index (χ2n) is 5.27. The van der Waals surface area contributed by atoms with Crippen molar-refractivity contribution in [2.75, 3.05) is 12.7 Å². The molecule has 0 atom stereocenters. The summed E-state index contributed by atoms with van der Waals surface area (Å²) in [5, 5.41) is 2.84. The van der Waals surface area contributed by atoms with Gasteiger partial charge in [-0.25, -0.2) is 0 Å². The summed E-state index contributed by atoms with van der Waals surface area (Å²) in [5.41, 5.74) is 1.16. The van der Waals surface area contributed by atoms with E-state index in [4.69, 9.17) is 0 Å². The van der Waals surface area contributed by atoms with Gasteiger partial charge in [0.2, 0.25) is 0 Å². The maximum Gasteiger partial charge on any atom is 0.0434 e. The minimum absolute atomic E-state index is 0.345. The van der Waals surface area contributed by atoms with Gasteiger partial charge in [-0.05, 0) is 30.3 Å². The minimum atomic E-state index is -0.345. The molecule has 0 amide bonds. The highest BCUT2D eigenvalue weighted by Gasteiger charge is 2.12. The molecule has 114 valence electrons. The third-order valence-corrected chi connectivity index (χ3v) is 6.12. The highest BCUT2D eigenvalue weighted by Crippen LogP contribution is 2.32. The summed E-state index contributed by atoms with van der Waals surface area (Å²) in [6.07, 6.45) is 3.05. The molecule has 23 heavy (non-hydrogen) atoms. The van der Waals surface area contributed by atoms with Crippen LogP contribution in [0.2, 0.25) is 0 Å². The molecule has 3 rings (SSSR count). The van der Waals surface area contributed by atoms with Gasteiger partial charge in [0.25, 0.3) is 0 Å². The van der Waals surface area contributed by atoms with E-state index in [0.717, 1.165) is 18.3 Å². The topological polar surface area (TPSA) is 12.4 Å². The maximum absolute atomic E-state index is 4.62. The third kappa shape index (κ3) is 4.61. The summed E-state index contributed by atoms with van der Waals surface area (Å²) in [4.78, 5) is 4.62. The largest absolute Gasteiger partial charge is 0.292 e. The minimum Gasteiger partial charge on any atom is -0.292 e. The van der Waals surface area contributed by atoms with Crippen LogP contribution in [0.5, 0.6) is 0 Å². The molecular formula is C21H20NP. The summed E-state index contributed by atoms with van der Waals surface area (Å²) in [6.45, 7) is 0.852. The molecule has 0 radical (unpaired) electrons. The van der Waals surface area contributed by atoms with Crippen LogP contribution in [0.15, 0.2) is 96.0 Å². The molecule has 3 aromatic carbocycles. The van der Waals surface area contributed by atoms with Crippen molar-refractivity contribution < 1.29 is 0 Å². The predicted molar refractivity (Wildman–Crippen MR) is 103 cm³/mol. The van der Waals surface area contributed by atoms with E-state index in [9.17, 15) is 0 Å². The first-order chi connectivity index (χ1) is 11.4. The summed E-state index contributed by atoms with van der Waals surface area (Å²) in [7, 11) is -0.345. The number of hydrogen-bond donors (Lipinski definition) is 0. The number of benzene rings is 3. The summed E-state index contributed by atoms with van der Waals surface area (Å²) >= 11 is 0. The lowest BCUT2D eigenvalue weighted by Gasteiger charge is -2.17. The maximum atomic E-state index is 4.62. The second kappa shape index (κ2) is 8.41. The van der Waals surface area contributed by atoms with Crippen molar-refractivity contribution >= 4 is 24.7 Å².